The molecule has 0 heterocycles. The first kappa shape index (κ1) is 27.6. The van der Waals surface area contributed by atoms with E-state index in [4.69, 9.17) is 9.05 Å². The van der Waals surface area contributed by atoms with Gasteiger partial charge in [-0.25, -0.2) is 0 Å². The first-order chi connectivity index (χ1) is 16.9. The van der Waals surface area contributed by atoms with E-state index in [2.05, 4.69) is 10.2 Å². The number of azo groups is 1. The van der Waals surface area contributed by atoms with Gasteiger partial charge in [-0.05, 0) is 36.4 Å². The Morgan fingerprint density at radius 3 is 1.92 bits per heavy atom. The van der Waals surface area contributed by atoms with E-state index >= 15 is 0 Å². The number of nitro groups is 1. The first-order valence-corrected chi connectivity index (χ1v) is 14.7. The van der Waals surface area contributed by atoms with Crippen molar-refractivity contribution in [3.63, 3.8) is 0 Å². The van der Waals surface area contributed by atoms with Crippen molar-refractivity contribution in [1.29, 1.82) is 0 Å². The molecule has 0 bridgehead atoms. The molecule has 0 fully saturated rings. The van der Waals surface area contributed by atoms with Crippen LogP contribution in [0.3, 0.4) is 0 Å². The molecule has 0 N–H and O–H groups in total. The molecule has 0 aromatic heterocycles. The van der Waals surface area contributed by atoms with Crippen LogP contribution in [-0.4, -0.2) is 44.6 Å². The second-order valence-electron chi connectivity index (χ2n) is 7.82. The number of nitrogens with zero attached hydrogens (tertiary/aromatic N) is 4. The molecular formula is C22H24N4O8P2-2. The second kappa shape index (κ2) is 11.8. The summed E-state index contributed by atoms with van der Waals surface area (Å²) >= 11 is 0. The van der Waals surface area contributed by atoms with E-state index in [0.29, 0.717) is 27.8 Å². The van der Waals surface area contributed by atoms with Gasteiger partial charge in [0.2, 0.25) is 0 Å². The van der Waals surface area contributed by atoms with Gasteiger partial charge in [0.15, 0.2) is 0 Å². The molecule has 0 amide bonds. The van der Waals surface area contributed by atoms with Crippen LogP contribution in [0, 0.1) is 10.1 Å². The lowest BCUT2D eigenvalue weighted by atomic mass is 10.1. The topological polar surface area (TPSA) is 170 Å². The lowest BCUT2D eigenvalue weighted by Gasteiger charge is -2.28. The second-order valence-corrected chi connectivity index (χ2v) is 11.4. The maximum atomic E-state index is 11.3. The summed E-state index contributed by atoms with van der Waals surface area (Å²) in [5.41, 5.74) is 1.62. The fourth-order valence-electron chi connectivity index (χ4n) is 3.36. The average Bonchev–Trinajstić information content (AvgIpc) is 2.80. The summed E-state index contributed by atoms with van der Waals surface area (Å²) < 4.78 is 32.2. The number of benzene rings is 3. The van der Waals surface area contributed by atoms with Crippen molar-refractivity contribution in [2.45, 2.75) is 0 Å². The maximum absolute atomic E-state index is 11.3. The van der Waals surface area contributed by atoms with E-state index in [1.54, 1.807) is 53.4 Å². The van der Waals surface area contributed by atoms with Crippen LogP contribution >= 0.6 is 15.2 Å². The van der Waals surface area contributed by atoms with Crippen LogP contribution in [0.15, 0.2) is 70.9 Å². The molecule has 36 heavy (non-hydrogen) atoms. The zero-order chi connectivity index (χ0) is 26.3. The third kappa shape index (κ3) is 8.30. The standard InChI is InChI=1S/C22H26N4O8P2/c1-35(29,30)33-15-13-25(14-16-34-36(2,31)32)18-9-7-17(8-10-18)23-24-21-11-12-22(26(27)28)20-6-4-3-5-19(20)21/h3-12H,13-16H2,1-2H3,(H,29,30)(H,31,32)/p-2. The summed E-state index contributed by atoms with van der Waals surface area (Å²) in [4.78, 5) is 35.1. The number of nitro benzene ring substituents is 1. The molecule has 0 spiro atoms. The Morgan fingerprint density at radius 2 is 1.39 bits per heavy atom. The highest BCUT2D eigenvalue weighted by atomic mass is 31.2. The molecule has 2 atom stereocenters. The molecule has 0 saturated heterocycles. The highest BCUT2D eigenvalue weighted by molar-refractivity contribution is 7.50. The van der Waals surface area contributed by atoms with Crippen molar-refractivity contribution < 1.29 is 32.9 Å². The van der Waals surface area contributed by atoms with E-state index < -0.39 is 20.1 Å². The number of anilines is 1. The van der Waals surface area contributed by atoms with Gasteiger partial charge < -0.3 is 32.9 Å². The molecule has 0 aliphatic rings. The number of hydrogen-bond donors (Lipinski definition) is 0. The normalized spacial score (nSPS) is 15.0. The van der Waals surface area contributed by atoms with Crippen LogP contribution < -0.4 is 14.7 Å². The van der Waals surface area contributed by atoms with Crippen LogP contribution in [-0.2, 0) is 18.2 Å². The Labute approximate surface area is 207 Å². The van der Waals surface area contributed by atoms with E-state index in [-0.39, 0.29) is 32.0 Å². The molecule has 14 heteroatoms. The highest BCUT2D eigenvalue weighted by Crippen LogP contribution is 2.35. The minimum atomic E-state index is -3.91. The van der Waals surface area contributed by atoms with Crippen molar-refractivity contribution in [2.75, 3.05) is 44.5 Å². The SMILES string of the molecule is CP(=O)([O-])OCCN(CCOP(C)(=O)[O-])c1ccc(N=Nc2ccc([N+](=O)[O-])c3ccccc23)cc1. The Balaban J connectivity index is 1.77. The first-order valence-electron chi connectivity index (χ1n) is 10.7. The molecule has 3 aromatic carbocycles. The number of non-ortho nitro benzene ring substituents is 1. The molecular weight excluding hydrogens is 510 g/mol. The molecule has 0 radical (unpaired) electrons. The molecule has 0 aliphatic carbocycles. The predicted molar refractivity (Wildman–Crippen MR) is 132 cm³/mol. The monoisotopic (exact) mass is 534 g/mol. The van der Waals surface area contributed by atoms with Crippen molar-refractivity contribution in [3.8, 4) is 0 Å². The maximum Gasteiger partial charge on any atom is 0.277 e. The summed E-state index contributed by atoms with van der Waals surface area (Å²) in [6.45, 7) is 2.05. The van der Waals surface area contributed by atoms with Crippen molar-refractivity contribution in [1.82, 2.24) is 0 Å². The van der Waals surface area contributed by atoms with Crippen molar-refractivity contribution >= 4 is 48.7 Å². The Hall–Kier alpha value is -2.98. The lowest BCUT2D eigenvalue weighted by Crippen LogP contribution is -2.31. The zero-order valence-electron chi connectivity index (χ0n) is 19.6. The minimum absolute atomic E-state index is 0.0187. The summed E-state index contributed by atoms with van der Waals surface area (Å²) in [6.07, 6.45) is 0. The number of hydrogen-bond acceptors (Lipinski definition) is 11. The molecule has 3 aromatic rings. The summed E-state index contributed by atoms with van der Waals surface area (Å²) in [5, 5.41) is 20.8. The van der Waals surface area contributed by atoms with Crippen molar-refractivity contribution in [3.05, 3.63) is 70.8 Å². The van der Waals surface area contributed by atoms with Crippen molar-refractivity contribution in [2.24, 2.45) is 10.2 Å². The fourth-order valence-corrected chi connectivity index (χ4v) is 4.19. The Morgan fingerprint density at radius 1 is 0.833 bits per heavy atom. The van der Waals surface area contributed by atoms with Crippen LogP contribution in [0.1, 0.15) is 0 Å². The van der Waals surface area contributed by atoms with Crippen LogP contribution in [0.25, 0.3) is 10.8 Å². The molecule has 0 saturated carbocycles. The Kier molecular flexibility index (Phi) is 9.08. The van der Waals surface area contributed by atoms with Crippen LogP contribution in [0.5, 0.6) is 0 Å². The summed E-state index contributed by atoms with van der Waals surface area (Å²) in [7, 11) is -7.81. The van der Waals surface area contributed by atoms with E-state index in [9.17, 15) is 29.0 Å². The highest BCUT2D eigenvalue weighted by Gasteiger charge is 2.14. The van der Waals surface area contributed by atoms with Gasteiger partial charge in [-0.15, -0.1) is 5.11 Å². The third-order valence-corrected chi connectivity index (χ3v) is 6.24. The fraction of sp³-hybridized carbons (Fsp3) is 0.273. The Bertz CT molecular complexity index is 1310. The van der Waals surface area contributed by atoms with Gasteiger partial charge in [0, 0.05) is 43.6 Å². The predicted octanol–water partition coefficient (Wildman–Crippen LogP) is 4.37. The molecule has 2 unspecified atom stereocenters. The minimum Gasteiger partial charge on any atom is -0.779 e. The summed E-state index contributed by atoms with van der Waals surface area (Å²) in [5.74, 6) is 0. The smallest absolute Gasteiger partial charge is 0.277 e. The third-order valence-electron chi connectivity index (χ3n) is 4.94. The molecule has 3 rings (SSSR count). The number of rotatable bonds is 12. The zero-order valence-corrected chi connectivity index (χ0v) is 21.3. The molecule has 12 nitrogen and oxygen atoms in total. The van der Waals surface area contributed by atoms with E-state index in [1.165, 1.54) is 12.1 Å². The van der Waals surface area contributed by atoms with Gasteiger partial charge in [0.25, 0.3) is 5.69 Å². The van der Waals surface area contributed by atoms with Gasteiger partial charge in [-0.3, -0.25) is 10.1 Å². The quantitative estimate of drug-likeness (QED) is 0.142. The molecule has 192 valence electrons. The lowest BCUT2D eigenvalue weighted by molar-refractivity contribution is -0.383. The van der Waals surface area contributed by atoms with Gasteiger partial charge in [-0.2, -0.15) is 5.11 Å². The van der Waals surface area contributed by atoms with E-state index in [1.807, 2.05) is 0 Å². The van der Waals surface area contributed by atoms with E-state index in [0.717, 1.165) is 13.3 Å². The molecule has 0 aliphatic heterocycles. The summed E-state index contributed by atoms with van der Waals surface area (Å²) in [6, 6.07) is 16.6. The largest absolute Gasteiger partial charge is 0.779 e. The van der Waals surface area contributed by atoms with Gasteiger partial charge in [-0.1, -0.05) is 18.2 Å². The van der Waals surface area contributed by atoms with Gasteiger partial charge in [0.1, 0.15) is 15.2 Å². The average molecular weight is 534 g/mol. The van der Waals surface area contributed by atoms with Gasteiger partial charge >= 0.3 is 0 Å². The van der Waals surface area contributed by atoms with Gasteiger partial charge in [0.05, 0.1) is 34.9 Å². The van der Waals surface area contributed by atoms with Crippen LogP contribution in [0.4, 0.5) is 22.7 Å². The number of fused-ring (bicyclic) bond motifs is 1. The van der Waals surface area contributed by atoms with Crippen LogP contribution in [0.2, 0.25) is 0 Å².